The Labute approximate surface area is 109 Å². The Bertz CT molecular complexity index is 378. The van der Waals surface area contributed by atoms with E-state index in [9.17, 15) is 0 Å². The lowest BCUT2D eigenvalue weighted by Crippen LogP contribution is -2.29. The van der Waals surface area contributed by atoms with Gasteiger partial charge in [0.25, 0.3) is 0 Å². The van der Waals surface area contributed by atoms with Gasteiger partial charge in [-0.25, -0.2) is 4.98 Å². The molecule has 2 aliphatic heterocycles. The zero-order valence-corrected chi connectivity index (χ0v) is 11.1. The molecule has 0 saturated carbocycles. The first-order valence-electron chi connectivity index (χ1n) is 7.20. The van der Waals surface area contributed by atoms with E-state index in [0.29, 0.717) is 18.1 Å². The summed E-state index contributed by atoms with van der Waals surface area (Å²) < 4.78 is 8.17. The summed E-state index contributed by atoms with van der Waals surface area (Å²) in [6.45, 7) is 5.45. The molecule has 2 saturated heterocycles. The van der Waals surface area contributed by atoms with Crippen LogP contribution in [0.25, 0.3) is 0 Å². The summed E-state index contributed by atoms with van der Waals surface area (Å²) in [5.41, 5.74) is 1.40. The van der Waals surface area contributed by atoms with E-state index in [1.165, 1.54) is 31.4 Å². The van der Waals surface area contributed by atoms with Crippen molar-refractivity contribution >= 4 is 0 Å². The first kappa shape index (κ1) is 12.2. The predicted octanol–water partition coefficient (Wildman–Crippen LogP) is 2.09. The summed E-state index contributed by atoms with van der Waals surface area (Å²) in [5.74, 6) is 0.664. The Hall–Kier alpha value is -0.870. The summed E-state index contributed by atoms with van der Waals surface area (Å²) in [5, 5.41) is 3.43. The minimum absolute atomic E-state index is 0.375. The molecule has 2 fully saturated rings. The fourth-order valence-corrected chi connectivity index (χ4v) is 3.25. The van der Waals surface area contributed by atoms with Gasteiger partial charge < -0.3 is 14.6 Å². The van der Waals surface area contributed by atoms with Gasteiger partial charge in [0.2, 0.25) is 0 Å². The fourth-order valence-electron chi connectivity index (χ4n) is 3.25. The number of ether oxygens (including phenoxy) is 1. The third kappa shape index (κ3) is 2.31. The lowest BCUT2D eigenvalue weighted by atomic mass is 9.94. The maximum absolute atomic E-state index is 5.82. The molecule has 4 nitrogen and oxygen atoms in total. The van der Waals surface area contributed by atoms with Crippen molar-refractivity contribution in [1.82, 2.24) is 14.9 Å². The van der Waals surface area contributed by atoms with Crippen LogP contribution < -0.4 is 5.32 Å². The Balaban J connectivity index is 1.77. The van der Waals surface area contributed by atoms with E-state index in [-0.39, 0.29) is 0 Å². The number of nitrogens with one attached hydrogen (secondary N) is 1. The largest absolute Gasteiger partial charge is 0.376 e. The fraction of sp³-hybridized carbons (Fsp3) is 0.786. The summed E-state index contributed by atoms with van der Waals surface area (Å²) in [7, 11) is 0. The number of piperidine rings is 1. The lowest BCUT2D eigenvalue weighted by molar-refractivity contribution is 0.0718. The first-order chi connectivity index (χ1) is 8.86. The molecule has 2 atom stereocenters. The highest BCUT2D eigenvalue weighted by Crippen LogP contribution is 2.30. The molecule has 0 aliphatic carbocycles. The van der Waals surface area contributed by atoms with E-state index in [4.69, 9.17) is 4.74 Å². The third-order valence-corrected chi connectivity index (χ3v) is 4.40. The van der Waals surface area contributed by atoms with Crippen LogP contribution in [0.15, 0.2) is 12.5 Å². The number of rotatable bonds is 3. The van der Waals surface area contributed by atoms with Gasteiger partial charge in [-0.3, -0.25) is 0 Å². The van der Waals surface area contributed by atoms with Gasteiger partial charge in [-0.1, -0.05) is 0 Å². The molecule has 0 spiro atoms. The number of aromatic nitrogens is 2. The van der Waals surface area contributed by atoms with E-state index < -0.39 is 0 Å². The highest BCUT2D eigenvalue weighted by atomic mass is 16.5. The van der Waals surface area contributed by atoms with Crippen molar-refractivity contribution in [2.75, 3.05) is 19.7 Å². The van der Waals surface area contributed by atoms with E-state index in [0.717, 1.165) is 19.7 Å². The molecule has 18 heavy (non-hydrogen) atoms. The van der Waals surface area contributed by atoms with Crippen LogP contribution >= 0.6 is 0 Å². The molecule has 3 rings (SSSR count). The summed E-state index contributed by atoms with van der Waals surface area (Å²) in [6.07, 6.45) is 9.26. The number of hydrogen-bond donors (Lipinski definition) is 1. The number of imidazole rings is 1. The SMILES string of the molecule is CC(C1CCCO1)n1cncc1C1CCNCC1. The predicted molar refractivity (Wildman–Crippen MR) is 70.8 cm³/mol. The van der Waals surface area contributed by atoms with Gasteiger partial charge in [0.15, 0.2) is 0 Å². The average Bonchev–Trinajstić information content (AvgIpc) is 3.10. The van der Waals surface area contributed by atoms with Gasteiger partial charge >= 0.3 is 0 Å². The monoisotopic (exact) mass is 249 g/mol. The van der Waals surface area contributed by atoms with Crippen molar-refractivity contribution in [3.8, 4) is 0 Å². The third-order valence-electron chi connectivity index (χ3n) is 4.40. The van der Waals surface area contributed by atoms with Gasteiger partial charge in [-0.15, -0.1) is 0 Å². The molecule has 100 valence electrons. The van der Waals surface area contributed by atoms with Gasteiger partial charge in [0.1, 0.15) is 0 Å². The maximum Gasteiger partial charge on any atom is 0.0951 e. The summed E-state index contributed by atoms with van der Waals surface area (Å²) in [6, 6.07) is 0.417. The first-order valence-corrected chi connectivity index (χ1v) is 7.20. The van der Waals surface area contributed by atoms with Gasteiger partial charge in [0.05, 0.1) is 18.5 Å². The second kappa shape index (κ2) is 5.41. The summed E-state index contributed by atoms with van der Waals surface area (Å²) >= 11 is 0. The highest BCUT2D eigenvalue weighted by Gasteiger charge is 2.27. The van der Waals surface area contributed by atoms with Crippen molar-refractivity contribution in [3.63, 3.8) is 0 Å². The quantitative estimate of drug-likeness (QED) is 0.891. The van der Waals surface area contributed by atoms with Crippen LogP contribution in [0, 0.1) is 0 Å². The second-order valence-electron chi connectivity index (χ2n) is 5.54. The molecule has 0 aromatic carbocycles. The van der Waals surface area contributed by atoms with Crippen molar-refractivity contribution in [2.45, 2.75) is 50.7 Å². The van der Waals surface area contributed by atoms with Crippen molar-refractivity contribution in [1.29, 1.82) is 0 Å². The van der Waals surface area contributed by atoms with Gasteiger partial charge in [0, 0.05) is 24.4 Å². The minimum atomic E-state index is 0.375. The minimum Gasteiger partial charge on any atom is -0.376 e. The number of nitrogens with zero attached hydrogens (tertiary/aromatic N) is 2. The van der Waals surface area contributed by atoms with Crippen LogP contribution in [0.4, 0.5) is 0 Å². The van der Waals surface area contributed by atoms with E-state index in [1.807, 2.05) is 6.33 Å². The van der Waals surface area contributed by atoms with Crippen LogP contribution in [0.3, 0.4) is 0 Å². The van der Waals surface area contributed by atoms with Crippen LogP contribution in [-0.4, -0.2) is 35.4 Å². The molecule has 1 N–H and O–H groups in total. The van der Waals surface area contributed by atoms with E-state index >= 15 is 0 Å². The van der Waals surface area contributed by atoms with Crippen LogP contribution in [-0.2, 0) is 4.74 Å². The molecule has 0 bridgehead atoms. The van der Waals surface area contributed by atoms with Crippen LogP contribution in [0.1, 0.15) is 50.3 Å². The smallest absolute Gasteiger partial charge is 0.0951 e. The normalized spacial score (nSPS) is 27.5. The molecule has 3 heterocycles. The standard InChI is InChI=1S/C14H23N3O/c1-11(14-3-2-8-18-14)17-10-16-9-13(17)12-4-6-15-7-5-12/h9-12,14-15H,2-8H2,1H3. The molecular formula is C14H23N3O. The van der Waals surface area contributed by atoms with Crippen LogP contribution in [0.5, 0.6) is 0 Å². The highest BCUT2D eigenvalue weighted by molar-refractivity contribution is 5.09. The average molecular weight is 249 g/mol. The van der Waals surface area contributed by atoms with Gasteiger partial charge in [-0.05, 0) is 45.7 Å². The molecule has 4 heteroatoms. The van der Waals surface area contributed by atoms with E-state index in [1.54, 1.807) is 0 Å². The Morgan fingerprint density at radius 3 is 2.94 bits per heavy atom. The van der Waals surface area contributed by atoms with Crippen molar-refractivity contribution < 1.29 is 4.74 Å². The van der Waals surface area contributed by atoms with Gasteiger partial charge in [-0.2, -0.15) is 0 Å². The molecule has 1 aromatic heterocycles. The Morgan fingerprint density at radius 2 is 2.22 bits per heavy atom. The lowest BCUT2D eigenvalue weighted by Gasteiger charge is -2.28. The van der Waals surface area contributed by atoms with Crippen molar-refractivity contribution in [3.05, 3.63) is 18.2 Å². The van der Waals surface area contributed by atoms with E-state index in [2.05, 4.69) is 28.0 Å². The zero-order valence-electron chi connectivity index (χ0n) is 11.1. The topological polar surface area (TPSA) is 39.1 Å². The molecule has 2 aliphatic rings. The second-order valence-corrected chi connectivity index (χ2v) is 5.54. The van der Waals surface area contributed by atoms with Crippen molar-refractivity contribution in [2.24, 2.45) is 0 Å². The van der Waals surface area contributed by atoms with Crippen LogP contribution in [0.2, 0.25) is 0 Å². The Morgan fingerprint density at radius 1 is 1.39 bits per heavy atom. The molecule has 0 amide bonds. The molecule has 2 unspecified atom stereocenters. The maximum atomic E-state index is 5.82. The number of hydrogen-bond acceptors (Lipinski definition) is 3. The molecule has 1 aromatic rings. The molecule has 0 radical (unpaired) electrons. The molecular weight excluding hydrogens is 226 g/mol. The summed E-state index contributed by atoms with van der Waals surface area (Å²) in [4.78, 5) is 4.38. The zero-order chi connectivity index (χ0) is 12.4. The Kier molecular flexibility index (Phi) is 3.66.